The fraction of sp³-hybridized carbons (Fsp3) is 0.700. The molecular weight excluding hydrogens is 438 g/mol. The van der Waals surface area contributed by atoms with Gasteiger partial charge in [-0.3, -0.25) is 24.0 Å². The van der Waals surface area contributed by atoms with E-state index in [0.29, 0.717) is 12.8 Å². The maximum Gasteiger partial charge on any atom is 0.326 e. The van der Waals surface area contributed by atoms with Gasteiger partial charge in [0.05, 0.1) is 6.04 Å². The Morgan fingerprint density at radius 1 is 1.03 bits per heavy atom. The number of primary amides is 1. The van der Waals surface area contributed by atoms with Crippen molar-refractivity contribution in [2.45, 2.75) is 76.5 Å². The van der Waals surface area contributed by atoms with Gasteiger partial charge in [-0.2, -0.15) is 0 Å². The van der Waals surface area contributed by atoms with Crippen LogP contribution < -0.4 is 22.1 Å². The van der Waals surface area contributed by atoms with Gasteiger partial charge in [-0.15, -0.1) is 0 Å². The van der Waals surface area contributed by atoms with E-state index in [1.165, 1.54) is 4.90 Å². The number of nitrogens with two attached hydrogens (primary N) is 2. The predicted molar refractivity (Wildman–Crippen MR) is 114 cm³/mol. The summed E-state index contributed by atoms with van der Waals surface area (Å²) in [6.45, 7) is 3.45. The van der Waals surface area contributed by atoms with Gasteiger partial charge >= 0.3 is 11.9 Å². The quantitative estimate of drug-likeness (QED) is 0.177. The lowest BCUT2D eigenvalue weighted by molar-refractivity contribution is -0.146. The Labute approximate surface area is 191 Å². The number of likely N-dealkylation sites (tertiary alicyclic amines) is 1. The molecule has 0 aliphatic carbocycles. The number of carbonyl (C=O) groups is 6. The number of hydrogen-bond acceptors (Lipinski definition) is 7. The minimum atomic E-state index is -1.26. The second-order valence-corrected chi connectivity index (χ2v) is 8.36. The molecule has 0 aromatic heterocycles. The highest BCUT2D eigenvalue weighted by Crippen LogP contribution is 2.20. The van der Waals surface area contributed by atoms with Crippen molar-refractivity contribution in [2.75, 3.05) is 6.54 Å². The first kappa shape index (κ1) is 27.8. The van der Waals surface area contributed by atoms with Crippen molar-refractivity contribution in [1.82, 2.24) is 15.5 Å². The Morgan fingerprint density at radius 2 is 1.67 bits per heavy atom. The molecule has 33 heavy (non-hydrogen) atoms. The molecule has 0 spiro atoms. The summed E-state index contributed by atoms with van der Waals surface area (Å²) in [4.78, 5) is 72.8. The molecule has 0 aromatic rings. The first-order chi connectivity index (χ1) is 15.3. The van der Waals surface area contributed by atoms with Crippen LogP contribution in [0.2, 0.25) is 0 Å². The van der Waals surface area contributed by atoms with E-state index in [-0.39, 0.29) is 31.7 Å². The number of aliphatic carboxylic acids is 2. The third-order valence-electron chi connectivity index (χ3n) is 5.37. The summed E-state index contributed by atoms with van der Waals surface area (Å²) in [5.74, 6) is -5.48. The Balaban J connectivity index is 2.96. The van der Waals surface area contributed by atoms with Crippen LogP contribution in [0.4, 0.5) is 0 Å². The van der Waals surface area contributed by atoms with E-state index in [1.54, 1.807) is 13.8 Å². The SMILES string of the molecule is CC(C)C(NC(=O)C1CCCN1C(=O)C(CCC(=O)O)NC(=O)C(N)CCC(N)=O)C(=O)O. The van der Waals surface area contributed by atoms with Crippen LogP contribution in [0.25, 0.3) is 0 Å². The summed E-state index contributed by atoms with van der Waals surface area (Å²) in [6, 6.07) is -4.49. The standard InChI is InChI=1S/C20H33N5O8/c1-10(2)16(20(32)33)24-18(30)13-4-3-9-25(13)19(31)12(6-8-15(27)28)23-17(29)11(21)5-7-14(22)26/h10-13,16H,3-9,21H2,1-2H3,(H2,22,26)(H,23,29)(H,24,30)(H,27,28)(H,32,33). The fourth-order valence-corrected chi connectivity index (χ4v) is 3.50. The molecule has 0 radical (unpaired) electrons. The van der Waals surface area contributed by atoms with Crippen LogP contribution in [0.15, 0.2) is 0 Å². The highest BCUT2D eigenvalue weighted by molar-refractivity contribution is 5.94. The Morgan fingerprint density at radius 3 is 2.18 bits per heavy atom. The van der Waals surface area contributed by atoms with Crippen LogP contribution in [0.3, 0.4) is 0 Å². The van der Waals surface area contributed by atoms with E-state index in [4.69, 9.17) is 16.6 Å². The smallest absolute Gasteiger partial charge is 0.326 e. The highest BCUT2D eigenvalue weighted by atomic mass is 16.4. The van der Waals surface area contributed by atoms with Crippen molar-refractivity contribution in [3.05, 3.63) is 0 Å². The lowest BCUT2D eigenvalue weighted by Gasteiger charge is -2.30. The summed E-state index contributed by atoms with van der Waals surface area (Å²) >= 11 is 0. The van der Waals surface area contributed by atoms with Crippen LogP contribution in [0.1, 0.15) is 52.4 Å². The van der Waals surface area contributed by atoms with Crippen molar-refractivity contribution in [3.8, 4) is 0 Å². The van der Waals surface area contributed by atoms with Gasteiger partial charge in [-0.05, 0) is 31.6 Å². The molecule has 1 aliphatic rings. The maximum atomic E-state index is 13.2. The number of carboxylic acid groups (broad SMARTS) is 2. The lowest BCUT2D eigenvalue weighted by atomic mass is 10.0. The predicted octanol–water partition coefficient (Wildman–Crippen LogP) is -1.85. The van der Waals surface area contributed by atoms with Gasteiger partial charge in [0.1, 0.15) is 18.1 Å². The highest BCUT2D eigenvalue weighted by Gasteiger charge is 2.39. The average Bonchev–Trinajstić information content (AvgIpc) is 3.21. The van der Waals surface area contributed by atoms with Crippen molar-refractivity contribution >= 4 is 35.6 Å². The summed E-state index contributed by atoms with van der Waals surface area (Å²) < 4.78 is 0. The molecule has 1 aliphatic heterocycles. The number of carbonyl (C=O) groups excluding carboxylic acids is 4. The molecule has 1 heterocycles. The zero-order chi connectivity index (χ0) is 25.3. The van der Waals surface area contributed by atoms with Crippen molar-refractivity contribution < 1.29 is 39.0 Å². The van der Waals surface area contributed by atoms with Gasteiger partial charge in [0.2, 0.25) is 23.6 Å². The van der Waals surface area contributed by atoms with E-state index in [0.717, 1.165) is 0 Å². The molecular formula is C20H33N5O8. The molecule has 0 saturated carbocycles. The number of rotatable bonds is 13. The van der Waals surface area contributed by atoms with Crippen LogP contribution in [0.5, 0.6) is 0 Å². The Kier molecular flexibility index (Phi) is 10.7. The van der Waals surface area contributed by atoms with E-state index in [2.05, 4.69) is 10.6 Å². The Bertz CT molecular complexity index is 772. The maximum absolute atomic E-state index is 13.2. The Hall–Kier alpha value is -3.22. The van der Waals surface area contributed by atoms with Crippen LogP contribution >= 0.6 is 0 Å². The zero-order valence-electron chi connectivity index (χ0n) is 18.8. The van der Waals surface area contributed by atoms with E-state index >= 15 is 0 Å². The summed E-state index contributed by atoms with van der Waals surface area (Å²) in [5.41, 5.74) is 10.8. The molecule has 1 saturated heterocycles. The molecule has 13 heteroatoms. The summed E-state index contributed by atoms with van der Waals surface area (Å²) in [5, 5.41) is 23.2. The molecule has 4 amide bonds. The monoisotopic (exact) mass is 471 g/mol. The number of nitrogens with one attached hydrogen (secondary N) is 2. The molecule has 1 rings (SSSR count). The third kappa shape index (κ3) is 8.67. The van der Waals surface area contributed by atoms with Crippen molar-refractivity contribution in [1.29, 1.82) is 0 Å². The largest absolute Gasteiger partial charge is 0.481 e. The minimum Gasteiger partial charge on any atom is -0.481 e. The van der Waals surface area contributed by atoms with Crippen LogP contribution in [0, 0.1) is 5.92 Å². The van der Waals surface area contributed by atoms with Gasteiger partial charge in [0, 0.05) is 19.4 Å². The molecule has 0 bridgehead atoms. The van der Waals surface area contributed by atoms with Gasteiger partial charge in [0.15, 0.2) is 0 Å². The van der Waals surface area contributed by atoms with Crippen LogP contribution in [-0.4, -0.2) is 81.4 Å². The molecule has 4 unspecified atom stereocenters. The first-order valence-corrected chi connectivity index (χ1v) is 10.7. The molecule has 13 nitrogen and oxygen atoms in total. The number of hydrogen-bond donors (Lipinski definition) is 6. The lowest BCUT2D eigenvalue weighted by Crippen LogP contribution is -2.57. The summed E-state index contributed by atoms with van der Waals surface area (Å²) in [6.07, 6.45) is -0.0943. The summed E-state index contributed by atoms with van der Waals surface area (Å²) in [7, 11) is 0. The average molecular weight is 472 g/mol. The van der Waals surface area contributed by atoms with E-state index in [1.807, 2.05) is 0 Å². The fourth-order valence-electron chi connectivity index (χ4n) is 3.50. The second kappa shape index (κ2) is 12.7. The first-order valence-electron chi connectivity index (χ1n) is 10.7. The molecule has 8 N–H and O–H groups in total. The van der Waals surface area contributed by atoms with Crippen LogP contribution in [-0.2, 0) is 28.8 Å². The molecule has 1 fully saturated rings. The minimum absolute atomic E-state index is 0.0540. The van der Waals surface area contributed by atoms with Gasteiger partial charge in [0.25, 0.3) is 0 Å². The van der Waals surface area contributed by atoms with Gasteiger partial charge in [-0.1, -0.05) is 13.8 Å². The molecule has 0 aromatic carbocycles. The van der Waals surface area contributed by atoms with Gasteiger partial charge in [-0.25, -0.2) is 4.79 Å². The van der Waals surface area contributed by atoms with Crippen molar-refractivity contribution in [3.63, 3.8) is 0 Å². The molecule has 4 atom stereocenters. The number of amides is 4. The topological polar surface area (TPSA) is 222 Å². The number of carboxylic acids is 2. The van der Waals surface area contributed by atoms with Crippen molar-refractivity contribution in [2.24, 2.45) is 17.4 Å². The second-order valence-electron chi connectivity index (χ2n) is 8.36. The zero-order valence-corrected chi connectivity index (χ0v) is 18.8. The van der Waals surface area contributed by atoms with E-state index in [9.17, 15) is 33.9 Å². The third-order valence-corrected chi connectivity index (χ3v) is 5.37. The number of nitrogens with zero attached hydrogens (tertiary/aromatic N) is 1. The van der Waals surface area contributed by atoms with E-state index < -0.39 is 66.2 Å². The normalized spacial score (nSPS) is 18.3. The van der Waals surface area contributed by atoms with Gasteiger partial charge < -0.3 is 37.2 Å². The molecule has 186 valence electrons.